The first-order valence-electron chi connectivity index (χ1n) is 7.32. The Morgan fingerprint density at radius 2 is 2.05 bits per heavy atom. The van der Waals surface area contributed by atoms with Crippen molar-refractivity contribution in [3.63, 3.8) is 0 Å². The van der Waals surface area contributed by atoms with Crippen molar-refractivity contribution in [3.05, 3.63) is 29.8 Å². The Labute approximate surface area is 121 Å². The summed E-state index contributed by atoms with van der Waals surface area (Å²) in [5, 5.41) is 3.02. The topological polar surface area (TPSA) is 64.4 Å². The third-order valence-electron chi connectivity index (χ3n) is 3.44. The SMILES string of the molecule is CCCC[C@H](N)C(=O)NC(CC)c1ccccc1OC. The zero-order chi connectivity index (χ0) is 15.0. The van der Waals surface area contributed by atoms with Crippen molar-refractivity contribution in [1.82, 2.24) is 5.32 Å². The minimum Gasteiger partial charge on any atom is -0.496 e. The second-order valence-corrected chi connectivity index (χ2v) is 4.96. The van der Waals surface area contributed by atoms with Gasteiger partial charge in [0.15, 0.2) is 0 Å². The number of hydrogen-bond donors (Lipinski definition) is 2. The lowest BCUT2D eigenvalue weighted by Crippen LogP contribution is -2.42. The van der Waals surface area contributed by atoms with Crippen LogP contribution in [0.2, 0.25) is 0 Å². The molecule has 4 heteroatoms. The van der Waals surface area contributed by atoms with Gasteiger partial charge in [-0.2, -0.15) is 0 Å². The van der Waals surface area contributed by atoms with Crippen LogP contribution in [0.1, 0.15) is 51.1 Å². The smallest absolute Gasteiger partial charge is 0.237 e. The number of nitrogens with one attached hydrogen (secondary N) is 1. The monoisotopic (exact) mass is 278 g/mol. The fourth-order valence-corrected chi connectivity index (χ4v) is 2.19. The molecule has 112 valence electrons. The molecule has 1 amide bonds. The van der Waals surface area contributed by atoms with Gasteiger partial charge in [-0.15, -0.1) is 0 Å². The summed E-state index contributed by atoms with van der Waals surface area (Å²) in [6.45, 7) is 4.13. The molecule has 0 heterocycles. The van der Waals surface area contributed by atoms with Crippen LogP contribution < -0.4 is 15.8 Å². The average Bonchev–Trinajstić information content (AvgIpc) is 2.49. The van der Waals surface area contributed by atoms with E-state index in [9.17, 15) is 4.79 Å². The van der Waals surface area contributed by atoms with Crippen LogP contribution in [-0.4, -0.2) is 19.1 Å². The minimum atomic E-state index is -0.432. The van der Waals surface area contributed by atoms with Crippen molar-refractivity contribution in [2.24, 2.45) is 5.73 Å². The van der Waals surface area contributed by atoms with Crippen molar-refractivity contribution >= 4 is 5.91 Å². The zero-order valence-electron chi connectivity index (χ0n) is 12.7. The molecule has 1 unspecified atom stereocenters. The molecular weight excluding hydrogens is 252 g/mol. The van der Waals surface area contributed by atoms with Gasteiger partial charge >= 0.3 is 0 Å². The molecule has 0 radical (unpaired) electrons. The van der Waals surface area contributed by atoms with Crippen LogP contribution in [0.4, 0.5) is 0 Å². The van der Waals surface area contributed by atoms with Gasteiger partial charge in [0.25, 0.3) is 0 Å². The first-order valence-corrected chi connectivity index (χ1v) is 7.32. The highest BCUT2D eigenvalue weighted by Crippen LogP contribution is 2.26. The summed E-state index contributed by atoms with van der Waals surface area (Å²) in [4.78, 5) is 12.1. The average molecular weight is 278 g/mol. The number of nitrogens with two attached hydrogens (primary N) is 1. The molecule has 0 saturated carbocycles. The maximum atomic E-state index is 12.1. The molecule has 2 atom stereocenters. The van der Waals surface area contributed by atoms with E-state index in [-0.39, 0.29) is 11.9 Å². The predicted octanol–water partition coefficient (Wildman–Crippen LogP) is 2.78. The summed E-state index contributed by atoms with van der Waals surface area (Å²) in [6.07, 6.45) is 3.54. The van der Waals surface area contributed by atoms with Crippen molar-refractivity contribution in [1.29, 1.82) is 0 Å². The molecule has 0 spiro atoms. The third-order valence-corrected chi connectivity index (χ3v) is 3.44. The summed E-state index contributed by atoms with van der Waals surface area (Å²) in [6, 6.07) is 7.25. The molecule has 20 heavy (non-hydrogen) atoms. The number of methoxy groups -OCH3 is 1. The second-order valence-electron chi connectivity index (χ2n) is 4.96. The fraction of sp³-hybridized carbons (Fsp3) is 0.562. The highest BCUT2D eigenvalue weighted by Gasteiger charge is 2.20. The predicted molar refractivity (Wildman–Crippen MR) is 81.7 cm³/mol. The molecule has 0 aliphatic rings. The largest absolute Gasteiger partial charge is 0.496 e. The maximum absolute atomic E-state index is 12.1. The normalized spacial score (nSPS) is 13.6. The summed E-state index contributed by atoms with van der Waals surface area (Å²) in [7, 11) is 1.64. The van der Waals surface area contributed by atoms with E-state index in [2.05, 4.69) is 12.2 Å². The number of amides is 1. The van der Waals surface area contributed by atoms with Gasteiger partial charge in [-0.3, -0.25) is 4.79 Å². The highest BCUT2D eigenvalue weighted by molar-refractivity contribution is 5.81. The van der Waals surface area contributed by atoms with Crippen molar-refractivity contribution < 1.29 is 9.53 Å². The Morgan fingerprint density at radius 3 is 2.65 bits per heavy atom. The Morgan fingerprint density at radius 1 is 1.35 bits per heavy atom. The van der Waals surface area contributed by atoms with Crippen LogP contribution >= 0.6 is 0 Å². The Balaban J connectivity index is 2.74. The quantitative estimate of drug-likeness (QED) is 0.768. The Hall–Kier alpha value is -1.55. The molecule has 0 aliphatic carbocycles. The molecule has 1 aromatic carbocycles. The van der Waals surface area contributed by atoms with Gasteiger partial charge in [-0.05, 0) is 18.9 Å². The van der Waals surface area contributed by atoms with Gasteiger partial charge in [-0.1, -0.05) is 44.9 Å². The molecule has 3 N–H and O–H groups in total. The summed E-state index contributed by atoms with van der Waals surface area (Å²) < 4.78 is 5.35. The summed E-state index contributed by atoms with van der Waals surface area (Å²) >= 11 is 0. The third kappa shape index (κ3) is 4.53. The lowest BCUT2D eigenvalue weighted by atomic mass is 10.0. The molecule has 0 aromatic heterocycles. The summed E-state index contributed by atoms with van der Waals surface area (Å²) in [5.74, 6) is 0.706. The molecule has 1 aromatic rings. The molecule has 4 nitrogen and oxygen atoms in total. The molecule has 0 aliphatic heterocycles. The highest BCUT2D eigenvalue weighted by atomic mass is 16.5. The van der Waals surface area contributed by atoms with Crippen LogP contribution in [0.15, 0.2) is 24.3 Å². The molecular formula is C16H26N2O2. The van der Waals surface area contributed by atoms with Gasteiger partial charge in [-0.25, -0.2) is 0 Å². The van der Waals surface area contributed by atoms with Gasteiger partial charge < -0.3 is 15.8 Å². The first kappa shape index (κ1) is 16.5. The van der Waals surface area contributed by atoms with Gasteiger partial charge in [0.05, 0.1) is 19.2 Å². The fourth-order valence-electron chi connectivity index (χ4n) is 2.19. The molecule has 0 bridgehead atoms. The second kappa shape index (κ2) is 8.59. The van der Waals surface area contributed by atoms with Crippen LogP contribution in [0.3, 0.4) is 0 Å². The number of carbonyl (C=O) groups is 1. The van der Waals surface area contributed by atoms with E-state index in [1.807, 2.05) is 31.2 Å². The van der Waals surface area contributed by atoms with E-state index in [1.165, 1.54) is 0 Å². The van der Waals surface area contributed by atoms with Gasteiger partial charge in [0.1, 0.15) is 5.75 Å². The number of rotatable bonds is 8. The number of ether oxygens (including phenoxy) is 1. The Kier molecular flexibility index (Phi) is 7.09. The minimum absolute atomic E-state index is 0.0636. The van der Waals surface area contributed by atoms with Crippen molar-refractivity contribution in [2.45, 2.75) is 51.6 Å². The van der Waals surface area contributed by atoms with Crippen LogP contribution in [0.25, 0.3) is 0 Å². The van der Waals surface area contributed by atoms with Gasteiger partial charge in [0.2, 0.25) is 5.91 Å². The lowest BCUT2D eigenvalue weighted by molar-refractivity contribution is -0.123. The molecule has 0 fully saturated rings. The van der Waals surface area contributed by atoms with E-state index in [0.29, 0.717) is 0 Å². The van der Waals surface area contributed by atoms with E-state index < -0.39 is 6.04 Å². The first-order chi connectivity index (χ1) is 9.63. The number of carbonyl (C=O) groups excluding carboxylic acids is 1. The number of para-hydroxylation sites is 1. The van der Waals surface area contributed by atoms with E-state index in [1.54, 1.807) is 7.11 Å². The van der Waals surface area contributed by atoms with Crippen molar-refractivity contribution in [3.8, 4) is 5.75 Å². The van der Waals surface area contributed by atoms with Crippen molar-refractivity contribution in [2.75, 3.05) is 7.11 Å². The number of benzene rings is 1. The number of unbranched alkanes of at least 4 members (excludes halogenated alkanes) is 1. The van der Waals surface area contributed by atoms with Crippen LogP contribution in [-0.2, 0) is 4.79 Å². The van der Waals surface area contributed by atoms with E-state index in [4.69, 9.17) is 10.5 Å². The van der Waals surface area contributed by atoms with E-state index >= 15 is 0 Å². The zero-order valence-corrected chi connectivity index (χ0v) is 12.7. The number of hydrogen-bond acceptors (Lipinski definition) is 3. The maximum Gasteiger partial charge on any atom is 0.237 e. The van der Waals surface area contributed by atoms with E-state index in [0.717, 1.165) is 37.0 Å². The standard InChI is InChI=1S/C16H26N2O2/c1-4-6-10-13(17)16(19)18-14(5-2)12-9-7-8-11-15(12)20-3/h7-9,11,13-14H,4-6,10,17H2,1-3H3,(H,18,19)/t13-,14?/m0/s1. The van der Waals surface area contributed by atoms with Crippen LogP contribution in [0.5, 0.6) is 5.75 Å². The Bertz CT molecular complexity index is 421. The van der Waals surface area contributed by atoms with Gasteiger partial charge in [0, 0.05) is 5.56 Å². The molecule has 1 rings (SSSR count). The molecule has 0 saturated heterocycles. The lowest BCUT2D eigenvalue weighted by Gasteiger charge is -2.22. The van der Waals surface area contributed by atoms with Crippen LogP contribution in [0, 0.1) is 0 Å². The summed E-state index contributed by atoms with van der Waals surface area (Å²) in [5.41, 5.74) is 6.91.